The summed E-state index contributed by atoms with van der Waals surface area (Å²) in [6.07, 6.45) is 5.41. The summed E-state index contributed by atoms with van der Waals surface area (Å²) >= 11 is 1.56. The van der Waals surface area contributed by atoms with Crippen LogP contribution in [0.1, 0.15) is 29.1 Å². The van der Waals surface area contributed by atoms with E-state index in [4.69, 9.17) is 0 Å². The van der Waals surface area contributed by atoms with Crippen molar-refractivity contribution in [1.29, 1.82) is 0 Å². The maximum absolute atomic E-state index is 13.0. The molecular weight excluding hydrogens is 299 g/mol. The number of carbonyl (C=O) groups is 1. The number of aryl methyl sites for hydroxylation is 1. The number of halogens is 1. The Morgan fingerprint density at radius 2 is 2.14 bits per heavy atom. The van der Waals surface area contributed by atoms with Crippen LogP contribution in [0.3, 0.4) is 0 Å². The minimum atomic E-state index is -0.258. The summed E-state index contributed by atoms with van der Waals surface area (Å²) in [5, 5.41) is 2.91. The van der Waals surface area contributed by atoms with E-state index in [0.29, 0.717) is 12.6 Å². The summed E-state index contributed by atoms with van der Waals surface area (Å²) in [7, 11) is 0. The molecule has 0 atom stereocenters. The molecular formula is C17H17FN2OS. The average Bonchev–Trinajstić information content (AvgIpc) is 3.26. The fourth-order valence-electron chi connectivity index (χ4n) is 2.27. The molecule has 1 aromatic heterocycles. The second kappa shape index (κ2) is 6.40. The first-order valence-corrected chi connectivity index (χ1v) is 8.15. The van der Waals surface area contributed by atoms with E-state index in [2.05, 4.69) is 4.98 Å². The number of thiazole rings is 1. The third-order valence-electron chi connectivity index (χ3n) is 3.57. The maximum atomic E-state index is 13.0. The number of rotatable bonds is 5. The number of carbonyl (C=O) groups excluding carboxylic acids is 1. The summed E-state index contributed by atoms with van der Waals surface area (Å²) < 4.78 is 13.0. The Labute approximate surface area is 133 Å². The lowest BCUT2D eigenvalue weighted by Crippen LogP contribution is -2.31. The molecule has 1 amide bonds. The van der Waals surface area contributed by atoms with E-state index in [0.717, 1.165) is 29.1 Å². The molecule has 1 aliphatic carbocycles. The van der Waals surface area contributed by atoms with E-state index in [-0.39, 0.29) is 11.7 Å². The number of hydrogen-bond donors (Lipinski definition) is 0. The molecule has 1 heterocycles. The SMILES string of the molecule is Cc1nc(/C=C\C(=O)N(Cc2ccc(F)cc2)C2CC2)cs1. The highest BCUT2D eigenvalue weighted by molar-refractivity contribution is 7.09. The van der Waals surface area contributed by atoms with Gasteiger partial charge in [-0.25, -0.2) is 9.37 Å². The third-order valence-corrected chi connectivity index (χ3v) is 4.36. The quantitative estimate of drug-likeness (QED) is 0.786. The molecule has 0 spiro atoms. The van der Waals surface area contributed by atoms with Gasteiger partial charge in [0, 0.05) is 24.0 Å². The lowest BCUT2D eigenvalue weighted by Gasteiger charge is -2.21. The minimum Gasteiger partial charge on any atom is -0.332 e. The topological polar surface area (TPSA) is 33.2 Å². The molecule has 0 radical (unpaired) electrons. The largest absolute Gasteiger partial charge is 0.332 e. The van der Waals surface area contributed by atoms with Crippen molar-refractivity contribution >= 4 is 23.3 Å². The van der Waals surface area contributed by atoms with Gasteiger partial charge in [-0.15, -0.1) is 11.3 Å². The van der Waals surface area contributed by atoms with Crippen LogP contribution in [0.4, 0.5) is 4.39 Å². The zero-order chi connectivity index (χ0) is 15.5. The zero-order valence-electron chi connectivity index (χ0n) is 12.3. The van der Waals surface area contributed by atoms with E-state index in [9.17, 15) is 9.18 Å². The molecule has 0 unspecified atom stereocenters. The van der Waals surface area contributed by atoms with Gasteiger partial charge in [0.05, 0.1) is 10.7 Å². The zero-order valence-corrected chi connectivity index (χ0v) is 13.1. The van der Waals surface area contributed by atoms with Gasteiger partial charge in [0.1, 0.15) is 5.82 Å². The molecule has 1 aromatic carbocycles. The van der Waals surface area contributed by atoms with Crippen molar-refractivity contribution in [1.82, 2.24) is 9.88 Å². The van der Waals surface area contributed by atoms with Crippen molar-refractivity contribution in [2.24, 2.45) is 0 Å². The Kier molecular flexibility index (Phi) is 4.34. The van der Waals surface area contributed by atoms with Gasteiger partial charge in [0.25, 0.3) is 0 Å². The molecule has 22 heavy (non-hydrogen) atoms. The van der Waals surface area contributed by atoms with Crippen molar-refractivity contribution in [3.05, 3.63) is 57.8 Å². The molecule has 1 saturated carbocycles. The average molecular weight is 316 g/mol. The Morgan fingerprint density at radius 3 is 2.73 bits per heavy atom. The van der Waals surface area contributed by atoms with E-state index < -0.39 is 0 Å². The predicted octanol–water partition coefficient (Wildman–Crippen LogP) is 3.80. The van der Waals surface area contributed by atoms with E-state index in [1.54, 1.807) is 35.6 Å². The van der Waals surface area contributed by atoms with Crippen LogP contribution >= 0.6 is 11.3 Å². The second-order valence-corrected chi connectivity index (χ2v) is 6.51. The van der Waals surface area contributed by atoms with Crippen LogP contribution in [0.15, 0.2) is 35.7 Å². The van der Waals surface area contributed by atoms with Crippen LogP contribution in [-0.4, -0.2) is 21.8 Å². The van der Waals surface area contributed by atoms with Crippen molar-refractivity contribution in [3.8, 4) is 0 Å². The van der Waals surface area contributed by atoms with Gasteiger partial charge in [-0.2, -0.15) is 0 Å². The number of aromatic nitrogens is 1. The molecule has 1 aliphatic rings. The first kappa shape index (κ1) is 14.9. The van der Waals surface area contributed by atoms with E-state index in [1.165, 1.54) is 12.1 Å². The molecule has 1 fully saturated rings. The number of amides is 1. The monoisotopic (exact) mass is 316 g/mol. The number of benzene rings is 1. The van der Waals surface area contributed by atoms with E-state index in [1.807, 2.05) is 17.2 Å². The highest BCUT2D eigenvalue weighted by Gasteiger charge is 2.31. The summed E-state index contributed by atoms with van der Waals surface area (Å²) in [5.41, 5.74) is 1.76. The van der Waals surface area contributed by atoms with Crippen LogP contribution in [0.5, 0.6) is 0 Å². The molecule has 3 rings (SSSR count). The van der Waals surface area contributed by atoms with Gasteiger partial charge in [-0.05, 0) is 43.5 Å². The van der Waals surface area contributed by atoms with Gasteiger partial charge in [0.15, 0.2) is 0 Å². The molecule has 114 valence electrons. The first-order chi connectivity index (χ1) is 10.6. The Morgan fingerprint density at radius 1 is 1.41 bits per heavy atom. The highest BCUT2D eigenvalue weighted by atomic mass is 32.1. The fraction of sp³-hybridized carbons (Fsp3) is 0.294. The van der Waals surface area contributed by atoms with Crippen molar-refractivity contribution in [2.75, 3.05) is 0 Å². The highest BCUT2D eigenvalue weighted by Crippen LogP contribution is 2.28. The van der Waals surface area contributed by atoms with Crippen molar-refractivity contribution in [3.63, 3.8) is 0 Å². The van der Waals surface area contributed by atoms with Crippen LogP contribution in [-0.2, 0) is 11.3 Å². The minimum absolute atomic E-state index is 0.0162. The van der Waals surface area contributed by atoms with Gasteiger partial charge >= 0.3 is 0 Å². The van der Waals surface area contributed by atoms with Crippen molar-refractivity contribution in [2.45, 2.75) is 32.4 Å². The molecule has 0 bridgehead atoms. The summed E-state index contributed by atoms with van der Waals surface area (Å²) in [5.74, 6) is -0.274. The normalized spacial score (nSPS) is 14.5. The fourth-order valence-corrected chi connectivity index (χ4v) is 2.85. The maximum Gasteiger partial charge on any atom is 0.247 e. The molecule has 0 aliphatic heterocycles. The second-order valence-electron chi connectivity index (χ2n) is 5.45. The van der Waals surface area contributed by atoms with Gasteiger partial charge in [0.2, 0.25) is 5.91 Å². The smallest absolute Gasteiger partial charge is 0.247 e. The lowest BCUT2D eigenvalue weighted by atomic mass is 10.2. The van der Waals surface area contributed by atoms with Crippen LogP contribution in [0.2, 0.25) is 0 Å². The summed E-state index contributed by atoms with van der Waals surface area (Å²) in [6.45, 7) is 2.46. The first-order valence-electron chi connectivity index (χ1n) is 7.27. The lowest BCUT2D eigenvalue weighted by molar-refractivity contribution is -0.127. The molecule has 0 saturated heterocycles. The van der Waals surface area contributed by atoms with Crippen molar-refractivity contribution < 1.29 is 9.18 Å². The van der Waals surface area contributed by atoms with Crippen LogP contribution < -0.4 is 0 Å². The van der Waals surface area contributed by atoms with E-state index >= 15 is 0 Å². The van der Waals surface area contributed by atoms with Gasteiger partial charge < -0.3 is 4.90 Å². The molecule has 5 heteroatoms. The number of hydrogen-bond acceptors (Lipinski definition) is 3. The third kappa shape index (κ3) is 3.80. The standard InChI is InChI=1S/C17H17FN2OS/c1-12-19-15(11-22-12)6-9-17(21)20(16-7-8-16)10-13-2-4-14(18)5-3-13/h2-6,9,11,16H,7-8,10H2,1H3/b9-6-. The Bertz CT molecular complexity index is 689. The number of nitrogens with zero attached hydrogens (tertiary/aromatic N) is 2. The molecule has 3 nitrogen and oxygen atoms in total. The Balaban J connectivity index is 1.69. The molecule has 0 N–H and O–H groups in total. The van der Waals surface area contributed by atoms with Gasteiger partial charge in [-0.3, -0.25) is 4.79 Å². The Hall–Kier alpha value is -2.01. The van der Waals surface area contributed by atoms with Crippen LogP contribution in [0.25, 0.3) is 6.08 Å². The summed E-state index contributed by atoms with van der Waals surface area (Å²) in [4.78, 5) is 18.6. The van der Waals surface area contributed by atoms with Crippen LogP contribution in [0, 0.1) is 12.7 Å². The summed E-state index contributed by atoms with van der Waals surface area (Å²) in [6, 6.07) is 6.62. The van der Waals surface area contributed by atoms with Gasteiger partial charge in [-0.1, -0.05) is 12.1 Å². The predicted molar refractivity (Wildman–Crippen MR) is 85.9 cm³/mol. The molecule has 2 aromatic rings.